The van der Waals surface area contributed by atoms with E-state index < -0.39 is 17.7 Å². The van der Waals surface area contributed by atoms with Crippen LogP contribution in [0.4, 0.5) is 13.2 Å². The largest absolute Gasteiger partial charge is 0.481 e. The molecule has 1 saturated heterocycles. The molecule has 0 amide bonds. The van der Waals surface area contributed by atoms with Gasteiger partial charge in [-0.15, -0.1) is 5.10 Å². The molecule has 2 aromatic rings. The minimum absolute atomic E-state index is 0.00805. The third-order valence-electron chi connectivity index (χ3n) is 5.13. The number of alkyl halides is 3. The molecule has 10 heteroatoms. The van der Waals surface area contributed by atoms with Gasteiger partial charge in [0.1, 0.15) is 5.69 Å². The van der Waals surface area contributed by atoms with Crippen molar-refractivity contribution in [3.05, 3.63) is 36.0 Å². The van der Waals surface area contributed by atoms with Crippen LogP contribution in [0.15, 0.2) is 30.5 Å². The Morgan fingerprint density at radius 1 is 1.23 bits per heavy atom. The number of hydrogen-bond acceptors (Lipinski definition) is 5. The van der Waals surface area contributed by atoms with E-state index >= 15 is 0 Å². The number of nitrogens with zero attached hydrogens (tertiary/aromatic N) is 4. The highest BCUT2D eigenvalue weighted by Crippen LogP contribution is 2.36. The van der Waals surface area contributed by atoms with Crippen LogP contribution >= 0.6 is 0 Å². The molecule has 0 bridgehead atoms. The highest BCUT2D eigenvalue weighted by molar-refractivity contribution is 5.70. The van der Waals surface area contributed by atoms with Crippen LogP contribution < -0.4 is 0 Å². The summed E-state index contributed by atoms with van der Waals surface area (Å²) in [5.74, 6) is -1.05. The van der Waals surface area contributed by atoms with E-state index in [-0.39, 0.29) is 17.2 Å². The number of carboxylic acids is 1. The Labute approximate surface area is 172 Å². The number of carbonyl (C=O) groups is 1. The SMILES string of the molecule is O=C(O)C1CCCN(CCOCCCn2cc(-c3ccccc3C(F)(F)F)nn2)C1. The molecular weight excluding hydrogens is 401 g/mol. The van der Waals surface area contributed by atoms with E-state index in [9.17, 15) is 18.0 Å². The fourth-order valence-corrected chi connectivity index (χ4v) is 3.57. The number of ether oxygens (including phenoxy) is 1. The lowest BCUT2D eigenvalue weighted by molar-refractivity contribution is -0.143. The Kier molecular flexibility index (Phi) is 7.43. The van der Waals surface area contributed by atoms with Crippen LogP contribution in [0.5, 0.6) is 0 Å². The molecule has 1 N–H and O–H groups in total. The van der Waals surface area contributed by atoms with Crippen molar-refractivity contribution in [1.82, 2.24) is 19.9 Å². The molecule has 1 aromatic carbocycles. The van der Waals surface area contributed by atoms with Crippen LogP contribution in [0, 0.1) is 5.92 Å². The van der Waals surface area contributed by atoms with Gasteiger partial charge in [0, 0.05) is 31.8 Å². The highest BCUT2D eigenvalue weighted by Gasteiger charge is 2.34. The van der Waals surface area contributed by atoms with Crippen molar-refractivity contribution in [1.29, 1.82) is 0 Å². The first-order chi connectivity index (χ1) is 14.3. The molecule has 2 heterocycles. The van der Waals surface area contributed by atoms with Crippen molar-refractivity contribution in [3.63, 3.8) is 0 Å². The van der Waals surface area contributed by atoms with E-state index in [1.807, 2.05) is 0 Å². The zero-order chi connectivity index (χ0) is 21.6. The summed E-state index contributed by atoms with van der Waals surface area (Å²) < 4.78 is 46.6. The molecule has 0 saturated carbocycles. The van der Waals surface area contributed by atoms with E-state index in [0.717, 1.165) is 25.5 Å². The summed E-state index contributed by atoms with van der Waals surface area (Å²) in [6, 6.07) is 5.30. The van der Waals surface area contributed by atoms with Crippen LogP contribution in [0.3, 0.4) is 0 Å². The maximum Gasteiger partial charge on any atom is 0.417 e. The first-order valence-corrected chi connectivity index (χ1v) is 9.94. The summed E-state index contributed by atoms with van der Waals surface area (Å²) >= 11 is 0. The van der Waals surface area contributed by atoms with Gasteiger partial charge in [0.05, 0.1) is 24.3 Å². The molecule has 30 heavy (non-hydrogen) atoms. The predicted molar refractivity (Wildman–Crippen MR) is 103 cm³/mol. The average molecular weight is 426 g/mol. The van der Waals surface area contributed by atoms with Crippen LogP contribution in [-0.2, 0) is 22.3 Å². The fraction of sp³-hybridized carbons (Fsp3) is 0.550. The van der Waals surface area contributed by atoms with E-state index in [4.69, 9.17) is 9.84 Å². The molecule has 1 aromatic heterocycles. The van der Waals surface area contributed by atoms with E-state index in [1.54, 1.807) is 6.07 Å². The van der Waals surface area contributed by atoms with Crippen molar-refractivity contribution in [3.8, 4) is 11.3 Å². The molecule has 0 radical (unpaired) electrons. The van der Waals surface area contributed by atoms with Gasteiger partial charge in [-0.3, -0.25) is 9.48 Å². The Balaban J connectivity index is 1.40. The number of benzene rings is 1. The first kappa shape index (κ1) is 22.2. The second kappa shape index (κ2) is 10.0. The highest BCUT2D eigenvalue weighted by atomic mass is 19.4. The van der Waals surface area contributed by atoms with Gasteiger partial charge in [-0.1, -0.05) is 23.4 Å². The standard InChI is InChI=1S/C20H25F3N4O3/c21-20(22,23)17-7-2-1-6-16(17)18-14-27(25-24-18)9-4-11-30-12-10-26-8-3-5-15(13-26)19(28)29/h1-2,6-7,14-15H,3-5,8-13H2,(H,28,29). The lowest BCUT2D eigenvalue weighted by Gasteiger charge is -2.30. The normalized spacial score (nSPS) is 17.9. The van der Waals surface area contributed by atoms with Crippen molar-refractivity contribution < 1.29 is 27.8 Å². The third-order valence-corrected chi connectivity index (χ3v) is 5.13. The number of piperidine rings is 1. The van der Waals surface area contributed by atoms with E-state index in [0.29, 0.717) is 39.3 Å². The molecule has 164 valence electrons. The van der Waals surface area contributed by atoms with Crippen LogP contribution in [0.1, 0.15) is 24.8 Å². The van der Waals surface area contributed by atoms with Crippen LogP contribution in [0.2, 0.25) is 0 Å². The number of aromatic nitrogens is 3. The Bertz CT molecular complexity index is 841. The van der Waals surface area contributed by atoms with Gasteiger partial charge in [0.15, 0.2) is 0 Å². The molecule has 1 aliphatic heterocycles. The lowest BCUT2D eigenvalue weighted by atomic mass is 9.98. The van der Waals surface area contributed by atoms with Crippen molar-refractivity contribution in [2.24, 2.45) is 5.92 Å². The molecule has 1 atom stereocenters. The smallest absolute Gasteiger partial charge is 0.417 e. The molecule has 0 spiro atoms. The fourth-order valence-electron chi connectivity index (χ4n) is 3.57. The van der Waals surface area contributed by atoms with Gasteiger partial charge < -0.3 is 14.7 Å². The van der Waals surface area contributed by atoms with Gasteiger partial charge in [-0.25, -0.2) is 0 Å². The second-order valence-corrected chi connectivity index (χ2v) is 7.35. The summed E-state index contributed by atoms with van der Waals surface area (Å²) in [6.07, 6.45) is -0.706. The van der Waals surface area contributed by atoms with Gasteiger partial charge >= 0.3 is 12.1 Å². The molecule has 1 aliphatic rings. The average Bonchev–Trinajstić information content (AvgIpc) is 3.19. The van der Waals surface area contributed by atoms with Crippen molar-refractivity contribution in [2.75, 3.05) is 32.8 Å². The topological polar surface area (TPSA) is 80.5 Å². The molecule has 7 nitrogen and oxygen atoms in total. The number of hydrogen-bond donors (Lipinski definition) is 1. The predicted octanol–water partition coefficient (Wildman–Crippen LogP) is 3.17. The van der Waals surface area contributed by atoms with E-state index in [1.165, 1.54) is 23.0 Å². The Morgan fingerprint density at radius 3 is 2.80 bits per heavy atom. The third kappa shape index (κ3) is 6.02. The van der Waals surface area contributed by atoms with Gasteiger partial charge in [-0.05, 0) is 31.9 Å². The van der Waals surface area contributed by atoms with Gasteiger partial charge in [0.25, 0.3) is 0 Å². The molecular formula is C20H25F3N4O3. The maximum atomic E-state index is 13.2. The monoisotopic (exact) mass is 426 g/mol. The zero-order valence-electron chi connectivity index (χ0n) is 16.5. The molecule has 0 aliphatic carbocycles. The molecule has 1 unspecified atom stereocenters. The first-order valence-electron chi connectivity index (χ1n) is 9.94. The number of carboxylic acid groups (broad SMARTS) is 1. The molecule has 1 fully saturated rings. The summed E-state index contributed by atoms with van der Waals surface area (Å²) in [5.41, 5.74) is -0.543. The summed E-state index contributed by atoms with van der Waals surface area (Å²) in [5, 5.41) is 16.9. The Hall–Kier alpha value is -2.46. The van der Waals surface area contributed by atoms with Crippen molar-refractivity contribution >= 4 is 5.97 Å². The van der Waals surface area contributed by atoms with Crippen LogP contribution in [0.25, 0.3) is 11.3 Å². The number of aliphatic carboxylic acids is 1. The number of halogens is 3. The summed E-state index contributed by atoms with van der Waals surface area (Å²) in [6.45, 7) is 3.59. The van der Waals surface area contributed by atoms with Crippen molar-refractivity contribution in [2.45, 2.75) is 32.0 Å². The lowest BCUT2D eigenvalue weighted by Crippen LogP contribution is -2.40. The zero-order valence-corrected chi connectivity index (χ0v) is 16.5. The number of likely N-dealkylation sites (tertiary alicyclic amines) is 1. The van der Waals surface area contributed by atoms with E-state index in [2.05, 4.69) is 15.2 Å². The van der Waals surface area contributed by atoms with Gasteiger partial charge in [-0.2, -0.15) is 13.2 Å². The Morgan fingerprint density at radius 2 is 2.03 bits per heavy atom. The summed E-state index contributed by atoms with van der Waals surface area (Å²) in [7, 11) is 0. The minimum Gasteiger partial charge on any atom is -0.481 e. The quantitative estimate of drug-likeness (QED) is 0.621. The summed E-state index contributed by atoms with van der Waals surface area (Å²) in [4.78, 5) is 13.2. The van der Waals surface area contributed by atoms with Gasteiger partial charge in [0.2, 0.25) is 0 Å². The number of aryl methyl sites for hydroxylation is 1. The van der Waals surface area contributed by atoms with Crippen LogP contribution in [-0.4, -0.2) is 63.8 Å². The number of rotatable bonds is 9. The second-order valence-electron chi connectivity index (χ2n) is 7.35. The molecule has 3 rings (SSSR count). The minimum atomic E-state index is -4.45. The maximum absolute atomic E-state index is 13.2.